The van der Waals surface area contributed by atoms with Gasteiger partial charge in [0, 0.05) is 5.69 Å². The molecule has 3 nitrogen and oxygen atoms in total. The van der Waals surface area contributed by atoms with Gasteiger partial charge in [-0.3, -0.25) is 0 Å². The third-order valence-electron chi connectivity index (χ3n) is 4.05. The Morgan fingerprint density at radius 2 is 2.11 bits per heavy atom. The summed E-state index contributed by atoms with van der Waals surface area (Å²) in [5.74, 6) is 0.232. The summed E-state index contributed by atoms with van der Waals surface area (Å²) < 4.78 is 5.70. The standard InChI is InChI=1S/C16H23NO2/c1-3-12-6-4-5-7-15(12)19-16(18)13-10-11(2)8-9-14(13)17/h8-10,12,15H,3-7,17H2,1-2H3. The van der Waals surface area contributed by atoms with Gasteiger partial charge >= 0.3 is 5.97 Å². The van der Waals surface area contributed by atoms with Crippen molar-refractivity contribution in [1.29, 1.82) is 0 Å². The van der Waals surface area contributed by atoms with E-state index in [1.54, 1.807) is 12.1 Å². The zero-order valence-electron chi connectivity index (χ0n) is 11.8. The lowest BCUT2D eigenvalue weighted by atomic mass is 9.85. The van der Waals surface area contributed by atoms with Gasteiger partial charge in [0.05, 0.1) is 5.56 Å². The maximum Gasteiger partial charge on any atom is 0.340 e. The molecule has 1 aliphatic rings. The smallest absolute Gasteiger partial charge is 0.340 e. The van der Waals surface area contributed by atoms with E-state index >= 15 is 0 Å². The van der Waals surface area contributed by atoms with E-state index < -0.39 is 0 Å². The molecule has 1 aromatic rings. The van der Waals surface area contributed by atoms with Crippen LogP contribution in [0.4, 0.5) is 5.69 Å². The van der Waals surface area contributed by atoms with Crippen LogP contribution in [0.15, 0.2) is 18.2 Å². The number of carbonyl (C=O) groups is 1. The molecule has 0 amide bonds. The molecule has 1 aliphatic carbocycles. The second-order valence-corrected chi connectivity index (χ2v) is 5.49. The van der Waals surface area contributed by atoms with E-state index in [4.69, 9.17) is 10.5 Å². The van der Waals surface area contributed by atoms with Gasteiger partial charge < -0.3 is 10.5 Å². The summed E-state index contributed by atoms with van der Waals surface area (Å²) in [5, 5.41) is 0. The minimum absolute atomic E-state index is 0.0613. The minimum atomic E-state index is -0.272. The molecule has 0 aliphatic heterocycles. The molecule has 1 saturated carbocycles. The van der Waals surface area contributed by atoms with Gasteiger partial charge in [-0.15, -0.1) is 0 Å². The van der Waals surface area contributed by atoms with E-state index in [1.165, 1.54) is 6.42 Å². The summed E-state index contributed by atoms with van der Waals surface area (Å²) in [4.78, 5) is 12.2. The zero-order chi connectivity index (χ0) is 13.8. The van der Waals surface area contributed by atoms with Gasteiger partial charge in [0.2, 0.25) is 0 Å². The summed E-state index contributed by atoms with van der Waals surface area (Å²) in [6.07, 6.45) is 5.68. The Balaban J connectivity index is 2.09. The van der Waals surface area contributed by atoms with Crippen molar-refractivity contribution in [1.82, 2.24) is 0 Å². The first-order valence-corrected chi connectivity index (χ1v) is 7.19. The molecule has 1 fully saturated rings. The largest absolute Gasteiger partial charge is 0.458 e. The molecule has 2 unspecified atom stereocenters. The highest BCUT2D eigenvalue weighted by atomic mass is 16.5. The van der Waals surface area contributed by atoms with Crippen molar-refractivity contribution < 1.29 is 9.53 Å². The molecule has 104 valence electrons. The van der Waals surface area contributed by atoms with E-state index in [0.29, 0.717) is 17.2 Å². The number of rotatable bonds is 3. The number of hydrogen-bond acceptors (Lipinski definition) is 3. The van der Waals surface area contributed by atoms with Gasteiger partial charge in [0.1, 0.15) is 6.10 Å². The van der Waals surface area contributed by atoms with E-state index in [9.17, 15) is 4.79 Å². The van der Waals surface area contributed by atoms with Crippen molar-refractivity contribution in [2.24, 2.45) is 5.92 Å². The topological polar surface area (TPSA) is 52.3 Å². The van der Waals surface area contributed by atoms with Gasteiger partial charge in [-0.05, 0) is 50.7 Å². The number of hydrogen-bond donors (Lipinski definition) is 1. The number of esters is 1. The first-order valence-electron chi connectivity index (χ1n) is 7.19. The van der Waals surface area contributed by atoms with E-state index in [0.717, 1.165) is 31.2 Å². The molecule has 19 heavy (non-hydrogen) atoms. The van der Waals surface area contributed by atoms with Gasteiger partial charge in [-0.25, -0.2) is 4.79 Å². The Bertz CT molecular complexity index is 456. The van der Waals surface area contributed by atoms with Gasteiger partial charge in [-0.1, -0.05) is 25.0 Å². The van der Waals surface area contributed by atoms with Crippen LogP contribution in [-0.4, -0.2) is 12.1 Å². The van der Waals surface area contributed by atoms with Crippen LogP contribution in [0.2, 0.25) is 0 Å². The normalized spacial score (nSPS) is 23.1. The Morgan fingerprint density at radius 1 is 1.37 bits per heavy atom. The summed E-state index contributed by atoms with van der Waals surface area (Å²) in [7, 11) is 0. The van der Waals surface area contributed by atoms with Crippen LogP contribution in [-0.2, 0) is 4.74 Å². The monoisotopic (exact) mass is 261 g/mol. The average molecular weight is 261 g/mol. The Kier molecular flexibility index (Phi) is 4.46. The molecule has 1 aromatic carbocycles. The third-order valence-corrected chi connectivity index (χ3v) is 4.05. The fraction of sp³-hybridized carbons (Fsp3) is 0.562. The molecular weight excluding hydrogens is 238 g/mol. The first kappa shape index (κ1) is 13.9. The Morgan fingerprint density at radius 3 is 2.84 bits per heavy atom. The van der Waals surface area contributed by atoms with E-state index in [2.05, 4.69) is 6.92 Å². The third kappa shape index (κ3) is 3.28. The minimum Gasteiger partial charge on any atom is -0.458 e. The molecule has 0 aromatic heterocycles. The van der Waals surface area contributed by atoms with E-state index in [-0.39, 0.29) is 12.1 Å². The molecule has 2 N–H and O–H groups in total. The van der Waals surface area contributed by atoms with Gasteiger partial charge in [0.15, 0.2) is 0 Å². The predicted octanol–water partition coefficient (Wildman–Crippen LogP) is 3.70. The summed E-state index contributed by atoms with van der Waals surface area (Å²) >= 11 is 0. The van der Waals surface area contributed by atoms with Crippen LogP contribution < -0.4 is 5.73 Å². The Hall–Kier alpha value is -1.51. The molecule has 3 heteroatoms. The lowest BCUT2D eigenvalue weighted by molar-refractivity contribution is 0.000812. The highest BCUT2D eigenvalue weighted by Gasteiger charge is 2.27. The second-order valence-electron chi connectivity index (χ2n) is 5.49. The fourth-order valence-electron chi connectivity index (χ4n) is 2.84. The lowest BCUT2D eigenvalue weighted by Crippen LogP contribution is -2.30. The van der Waals surface area contributed by atoms with Crippen molar-refractivity contribution in [3.8, 4) is 0 Å². The maximum atomic E-state index is 12.2. The quantitative estimate of drug-likeness (QED) is 0.666. The number of carbonyl (C=O) groups excluding carboxylic acids is 1. The van der Waals surface area contributed by atoms with Crippen molar-refractivity contribution >= 4 is 11.7 Å². The average Bonchev–Trinajstić information content (AvgIpc) is 2.42. The number of anilines is 1. The molecule has 2 atom stereocenters. The number of nitrogens with two attached hydrogens (primary N) is 1. The van der Waals surface area contributed by atoms with Crippen molar-refractivity contribution in [2.75, 3.05) is 5.73 Å². The highest BCUT2D eigenvalue weighted by molar-refractivity contribution is 5.95. The number of aryl methyl sites for hydroxylation is 1. The van der Waals surface area contributed by atoms with Crippen LogP contribution in [0.5, 0.6) is 0 Å². The highest BCUT2D eigenvalue weighted by Crippen LogP contribution is 2.30. The van der Waals surface area contributed by atoms with Crippen LogP contribution in [0.1, 0.15) is 54.9 Å². The van der Waals surface area contributed by atoms with Crippen LogP contribution in [0.3, 0.4) is 0 Å². The lowest BCUT2D eigenvalue weighted by Gasteiger charge is -2.30. The van der Waals surface area contributed by atoms with Crippen molar-refractivity contribution in [3.05, 3.63) is 29.3 Å². The number of nitrogen functional groups attached to an aromatic ring is 1. The molecular formula is C16H23NO2. The predicted molar refractivity (Wildman–Crippen MR) is 77.0 cm³/mol. The zero-order valence-corrected chi connectivity index (χ0v) is 11.8. The molecule has 0 spiro atoms. The van der Waals surface area contributed by atoms with E-state index in [1.807, 2.05) is 13.0 Å². The molecule has 0 bridgehead atoms. The molecule has 2 rings (SSSR count). The van der Waals surface area contributed by atoms with Gasteiger partial charge in [-0.2, -0.15) is 0 Å². The summed E-state index contributed by atoms with van der Waals surface area (Å²) in [5.41, 5.74) is 7.89. The van der Waals surface area contributed by atoms with Crippen molar-refractivity contribution in [3.63, 3.8) is 0 Å². The molecule has 0 radical (unpaired) electrons. The maximum absolute atomic E-state index is 12.2. The van der Waals surface area contributed by atoms with Gasteiger partial charge in [0.25, 0.3) is 0 Å². The summed E-state index contributed by atoms with van der Waals surface area (Å²) in [6.45, 7) is 4.11. The Labute approximate surface area is 115 Å². The van der Waals surface area contributed by atoms with Crippen molar-refractivity contribution in [2.45, 2.75) is 52.1 Å². The SMILES string of the molecule is CCC1CCCCC1OC(=O)c1cc(C)ccc1N. The fourth-order valence-corrected chi connectivity index (χ4v) is 2.84. The van der Waals surface area contributed by atoms with Crippen LogP contribution in [0, 0.1) is 12.8 Å². The van der Waals surface area contributed by atoms with Crippen LogP contribution >= 0.6 is 0 Å². The molecule has 0 heterocycles. The molecule has 0 saturated heterocycles. The second kappa shape index (κ2) is 6.09. The van der Waals surface area contributed by atoms with Crippen LogP contribution in [0.25, 0.3) is 0 Å². The first-order chi connectivity index (χ1) is 9.11. The number of benzene rings is 1. The number of ether oxygens (including phenoxy) is 1. The summed E-state index contributed by atoms with van der Waals surface area (Å²) in [6, 6.07) is 5.48.